The van der Waals surface area contributed by atoms with Gasteiger partial charge in [0.1, 0.15) is 5.75 Å². The van der Waals surface area contributed by atoms with Gasteiger partial charge in [-0.1, -0.05) is 43.7 Å². The maximum absolute atomic E-state index is 11.7. The summed E-state index contributed by atoms with van der Waals surface area (Å²) in [5, 5.41) is 6.00. The van der Waals surface area contributed by atoms with Crippen molar-refractivity contribution < 1.29 is 9.53 Å². The van der Waals surface area contributed by atoms with E-state index in [0.717, 1.165) is 30.8 Å². The minimum atomic E-state index is -0.0111. The number of benzene rings is 2. The van der Waals surface area contributed by atoms with Crippen molar-refractivity contribution in [3.05, 3.63) is 54.6 Å². The summed E-state index contributed by atoms with van der Waals surface area (Å²) in [7, 11) is 0. The van der Waals surface area contributed by atoms with E-state index < -0.39 is 0 Å². The first-order chi connectivity index (χ1) is 10.8. The molecule has 2 aromatic rings. The Hall–Kier alpha value is -2.49. The number of ether oxygens (including phenoxy) is 1. The summed E-state index contributed by atoms with van der Waals surface area (Å²) in [5.41, 5.74) is 0.803. The number of nitrogens with one attached hydrogen (secondary N) is 2. The molecule has 2 aromatic carbocycles. The minimum Gasteiger partial charge on any atom is -0.455 e. The summed E-state index contributed by atoms with van der Waals surface area (Å²) in [6.07, 6.45) is 2.07. The zero-order valence-corrected chi connectivity index (χ0v) is 12.8. The number of hydrogen-bond acceptors (Lipinski definition) is 3. The second-order valence-electron chi connectivity index (χ2n) is 4.97. The molecule has 4 heteroatoms. The number of rotatable bonds is 8. The van der Waals surface area contributed by atoms with E-state index in [9.17, 15) is 4.79 Å². The quantitative estimate of drug-likeness (QED) is 0.729. The molecule has 0 aliphatic carbocycles. The molecule has 116 valence electrons. The molecule has 1 amide bonds. The highest BCUT2D eigenvalue weighted by Crippen LogP contribution is 2.28. The molecule has 0 radical (unpaired) electrons. The van der Waals surface area contributed by atoms with Crippen LogP contribution in [0, 0.1) is 0 Å². The van der Waals surface area contributed by atoms with Gasteiger partial charge in [0, 0.05) is 6.54 Å². The molecule has 0 unspecified atom stereocenters. The summed E-state index contributed by atoms with van der Waals surface area (Å²) in [4.78, 5) is 11.7. The van der Waals surface area contributed by atoms with Crippen molar-refractivity contribution in [1.29, 1.82) is 0 Å². The number of carbonyl (C=O) groups is 1. The van der Waals surface area contributed by atoms with Crippen LogP contribution in [0.3, 0.4) is 0 Å². The van der Waals surface area contributed by atoms with Gasteiger partial charge >= 0.3 is 0 Å². The number of carbonyl (C=O) groups excluding carboxylic acids is 1. The van der Waals surface area contributed by atoms with E-state index in [1.54, 1.807) is 0 Å². The van der Waals surface area contributed by atoms with Crippen molar-refractivity contribution in [2.75, 3.05) is 18.4 Å². The fourth-order valence-electron chi connectivity index (χ4n) is 1.96. The van der Waals surface area contributed by atoms with E-state index in [1.807, 2.05) is 54.6 Å². The van der Waals surface area contributed by atoms with Gasteiger partial charge in [-0.25, -0.2) is 0 Å². The number of para-hydroxylation sites is 3. The van der Waals surface area contributed by atoms with Gasteiger partial charge in [-0.05, 0) is 30.7 Å². The van der Waals surface area contributed by atoms with Gasteiger partial charge in [0.2, 0.25) is 5.91 Å². The Morgan fingerprint density at radius 2 is 1.77 bits per heavy atom. The Kier molecular flexibility index (Phi) is 6.30. The molecular weight excluding hydrogens is 276 g/mol. The number of amides is 1. The molecule has 2 rings (SSSR count). The van der Waals surface area contributed by atoms with Crippen LogP contribution in [0.5, 0.6) is 11.5 Å². The van der Waals surface area contributed by atoms with Gasteiger partial charge in [0.15, 0.2) is 5.75 Å². The molecule has 0 aliphatic heterocycles. The second kappa shape index (κ2) is 8.72. The molecular formula is C18H22N2O2. The third kappa shape index (κ3) is 5.13. The first-order valence-corrected chi connectivity index (χ1v) is 7.62. The zero-order chi connectivity index (χ0) is 15.6. The first kappa shape index (κ1) is 15.9. The van der Waals surface area contributed by atoms with Crippen LogP contribution in [0.4, 0.5) is 5.69 Å². The molecule has 0 saturated heterocycles. The van der Waals surface area contributed by atoms with Crippen molar-refractivity contribution in [1.82, 2.24) is 5.32 Å². The van der Waals surface area contributed by atoms with Crippen LogP contribution in [0.15, 0.2) is 54.6 Å². The predicted octanol–water partition coefficient (Wildman–Crippen LogP) is 3.81. The lowest BCUT2D eigenvalue weighted by atomic mass is 10.3. The van der Waals surface area contributed by atoms with Crippen molar-refractivity contribution >= 4 is 11.6 Å². The third-order valence-electron chi connectivity index (χ3n) is 3.15. The highest BCUT2D eigenvalue weighted by atomic mass is 16.5. The normalized spacial score (nSPS) is 10.0. The van der Waals surface area contributed by atoms with Crippen molar-refractivity contribution in [3.8, 4) is 11.5 Å². The largest absolute Gasteiger partial charge is 0.455 e. The Morgan fingerprint density at radius 1 is 1.05 bits per heavy atom. The van der Waals surface area contributed by atoms with Crippen molar-refractivity contribution in [2.45, 2.75) is 19.8 Å². The van der Waals surface area contributed by atoms with Gasteiger partial charge in [0.25, 0.3) is 0 Å². The molecule has 0 fully saturated rings. The van der Waals surface area contributed by atoms with Crippen LogP contribution in [0.1, 0.15) is 19.8 Å². The Balaban J connectivity index is 1.92. The first-order valence-electron chi connectivity index (χ1n) is 7.62. The van der Waals surface area contributed by atoms with Crippen molar-refractivity contribution in [3.63, 3.8) is 0 Å². The average Bonchev–Trinajstić information content (AvgIpc) is 2.55. The van der Waals surface area contributed by atoms with E-state index >= 15 is 0 Å². The topological polar surface area (TPSA) is 50.4 Å². The maximum atomic E-state index is 11.7. The molecule has 0 spiro atoms. The van der Waals surface area contributed by atoms with E-state index in [2.05, 4.69) is 17.6 Å². The molecule has 22 heavy (non-hydrogen) atoms. The van der Waals surface area contributed by atoms with E-state index in [1.165, 1.54) is 0 Å². The lowest BCUT2D eigenvalue weighted by molar-refractivity contribution is -0.119. The van der Waals surface area contributed by atoms with Gasteiger partial charge in [-0.15, -0.1) is 0 Å². The Bertz CT molecular complexity index is 585. The number of anilines is 1. The molecule has 0 aliphatic rings. The summed E-state index contributed by atoms with van der Waals surface area (Å²) < 4.78 is 5.85. The van der Waals surface area contributed by atoms with Crippen LogP contribution < -0.4 is 15.4 Å². The molecule has 0 bridgehead atoms. The van der Waals surface area contributed by atoms with Gasteiger partial charge in [0.05, 0.1) is 12.2 Å². The number of hydrogen-bond donors (Lipinski definition) is 2. The SMILES string of the molecule is CCCCNC(=O)CNc1ccccc1Oc1ccccc1. The van der Waals surface area contributed by atoms with Crippen molar-refractivity contribution in [2.24, 2.45) is 0 Å². The highest BCUT2D eigenvalue weighted by molar-refractivity contribution is 5.81. The van der Waals surface area contributed by atoms with Gasteiger partial charge in [-0.2, -0.15) is 0 Å². The molecule has 0 heterocycles. The van der Waals surface area contributed by atoms with Crippen LogP contribution in [0.2, 0.25) is 0 Å². The van der Waals surface area contributed by atoms with Gasteiger partial charge in [-0.3, -0.25) is 4.79 Å². The summed E-state index contributed by atoms with van der Waals surface area (Å²) >= 11 is 0. The standard InChI is InChI=1S/C18H22N2O2/c1-2-3-13-19-18(21)14-20-16-11-7-8-12-17(16)22-15-9-5-4-6-10-15/h4-12,20H,2-3,13-14H2,1H3,(H,19,21). The van der Waals surface area contributed by atoms with Crippen LogP contribution in [0.25, 0.3) is 0 Å². The molecule has 0 aromatic heterocycles. The Morgan fingerprint density at radius 3 is 2.55 bits per heavy atom. The lowest BCUT2D eigenvalue weighted by Gasteiger charge is -2.13. The number of unbranched alkanes of at least 4 members (excludes halogenated alkanes) is 1. The molecule has 0 atom stereocenters. The fourth-order valence-corrected chi connectivity index (χ4v) is 1.96. The summed E-state index contributed by atoms with van der Waals surface area (Å²) in [6.45, 7) is 3.06. The molecule has 2 N–H and O–H groups in total. The predicted molar refractivity (Wildman–Crippen MR) is 89.4 cm³/mol. The van der Waals surface area contributed by atoms with Crippen LogP contribution >= 0.6 is 0 Å². The molecule has 0 saturated carbocycles. The Labute approximate surface area is 131 Å². The van der Waals surface area contributed by atoms with Crippen LogP contribution in [-0.4, -0.2) is 19.0 Å². The zero-order valence-electron chi connectivity index (χ0n) is 12.8. The fraction of sp³-hybridized carbons (Fsp3) is 0.278. The van der Waals surface area contributed by atoms with Gasteiger partial charge < -0.3 is 15.4 Å². The van der Waals surface area contributed by atoms with E-state index in [0.29, 0.717) is 5.75 Å². The van der Waals surface area contributed by atoms with E-state index in [-0.39, 0.29) is 12.5 Å². The third-order valence-corrected chi connectivity index (χ3v) is 3.15. The lowest BCUT2D eigenvalue weighted by Crippen LogP contribution is -2.30. The highest BCUT2D eigenvalue weighted by Gasteiger charge is 2.06. The minimum absolute atomic E-state index is 0.0111. The smallest absolute Gasteiger partial charge is 0.239 e. The average molecular weight is 298 g/mol. The van der Waals surface area contributed by atoms with E-state index in [4.69, 9.17) is 4.74 Å². The summed E-state index contributed by atoms with van der Waals surface area (Å²) in [6, 6.07) is 17.2. The molecule has 4 nitrogen and oxygen atoms in total. The monoisotopic (exact) mass is 298 g/mol. The summed E-state index contributed by atoms with van der Waals surface area (Å²) in [5.74, 6) is 1.46. The van der Waals surface area contributed by atoms with Crippen LogP contribution in [-0.2, 0) is 4.79 Å². The maximum Gasteiger partial charge on any atom is 0.239 e. The second-order valence-corrected chi connectivity index (χ2v) is 4.97.